The molecular weight excluding hydrogens is 459 g/mol. The molecule has 1 aliphatic rings. The standard InChI is InChI=1S/C22H17ClF3N5O2/c23-14-10-13(5-6-17(14)30-7-1-2-8-30)27-21(32)16-12-20-28-15(18-4-3-9-33-18)11-19(22(24,25)26)31(20)29-16/h1-10,12,15,19,28H,11H2,(H,27,32)/t15-,19-/m1/s1. The first kappa shape index (κ1) is 21.2. The Morgan fingerprint density at radius 1 is 1.18 bits per heavy atom. The molecule has 0 aliphatic carbocycles. The zero-order chi connectivity index (χ0) is 23.2. The lowest BCUT2D eigenvalue weighted by Crippen LogP contribution is -2.35. The summed E-state index contributed by atoms with van der Waals surface area (Å²) in [5.74, 6) is -0.199. The number of aromatic nitrogens is 3. The number of carbonyl (C=O) groups is 1. The Kier molecular flexibility index (Phi) is 5.16. The molecule has 0 saturated heterocycles. The average Bonchev–Trinajstić information content (AvgIpc) is 3.53. The summed E-state index contributed by atoms with van der Waals surface area (Å²) in [6.45, 7) is 0. The number of amides is 1. The zero-order valence-corrected chi connectivity index (χ0v) is 17.6. The maximum Gasteiger partial charge on any atom is 0.410 e. The van der Waals surface area contributed by atoms with Gasteiger partial charge < -0.3 is 19.6 Å². The van der Waals surface area contributed by atoms with Gasteiger partial charge in [-0.3, -0.25) is 4.79 Å². The van der Waals surface area contributed by atoms with Crippen molar-refractivity contribution >= 4 is 29.0 Å². The number of alkyl halides is 3. The first-order valence-corrected chi connectivity index (χ1v) is 10.4. The molecule has 0 spiro atoms. The van der Waals surface area contributed by atoms with Crippen LogP contribution in [0.25, 0.3) is 5.69 Å². The molecule has 4 aromatic rings. The largest absolute Gasteiger partial charge is 0.467 e. The van der Waals surface area contributed by atoms with Gasteiger partial charge in [-0.1, -0.05) is 11.6 Å². The van der Waals surface area contributed by atoms with Crippen LogP contribution in [0.3, 0.4) is 0 Å². The van der Waals surface area contributed by atoms with Gasteiger partial charge >= 0.3 is 6.18 Å². The van der Waals surface area contributed by atoms with Crippen molar-refractivity contribution in [3.05, 3.63) is 83.7 Å². The summed E-state index contributed by atoms with van der Waals surface area (Å²) in [4.78, 5) is 12.8. The molecule has 2 N–H and O–H groups in total. The van der Waals surface area contributed by atoms with E-state index in [4.69, 9.17) is 16.0 Å². The van der Waals surface area contributed by atoms with Gasteiger partial charge in [0.15, 0.2) is 11.7 Å². The normalized spacial score (nSPS) is 17.9. The topological polar surface area (TPSA) is 77.0 Å². The number of furan rings is 1. The van der Waals surface area contributed by atoms with Gasteiger partial charge in [0.2, 0.25) is 0 Å². The van der Waals surface area contributed by atoms with Crippen molar-refractivity contribution < 1.29 is 22.4 Å². The Morgan fingerprint density at radius 2 is 1.97 bits per heavy atom. The number of halogens is 4. The molecule has 1 amide bonds. The van der Waals surface area contributed by atoms with Crippen LogP contribution < -0.4 is 10.6 Å². The minimum Gasteiger partial charge on any atom is -0.467 e. The van der Waals surface area contributed by atoms with Gasteiger partial charge in [0.05, 0.1) is 23.0 Å². The maximum atomic E-state index is 13.8. The summed E-state index contributed by atoms with van der Waals surface area (Å²) < 4.78 is 49.2. The smallest absolute Gasteiger partial charge is 0.410 e. The second-order valence-corrected chi connectivity index (χ2v) is 7.98. The van der Waals surface area contributed by atoms with Crippen molar-refractivity contribution in [1.82, 2.24) is 14.3 Å². The number of rotatable bonds is 4. The molecule has 1 aromatic carbocycles. The van der Waals surface area contributed by atoms with Gasteiger partial charge in [0, 0.05) is 30.6 Å². The van der Waals surface area contributed by atoms with Crippen LogP contribution >= 0.6 is 11.6 Å². The van der Waals surface area contributed by atoms with Crippen LogP contribution in [-0.2, 0) is 0 Å². The molecule has 170 valence electrons. The van der Waals surface area contributed by atoms with Crippen molar-refractivity contribution in [2.45, 2.75) is 24.7 Å². The lowest BCUT2D eigenvalue weighted by atomic mass is 10.0. The first-order valence-electron chi connectivity index (χ1n) is 10.00. The predicted octanol–water partition coefficient (Wildman–Crippen LogP) is 5.83. The molecule has 0 fully saturated rings. The minimum atomic E-state index is -4.55. The number of fused-ring (bicyclic) bond motifs is 1. The van der Waals surface area contributed by atoms with E-state index in [1.807, 2.05) is 29.1 Å². The molecule has 0 saturated carbocycles. The van der Waals surface area contributed by atoms with Crippen molar-refractivity contribution in [3.63, 3.8) is 0 Å². The summed E-state index contributed by atoms with van der Waals surface area (Å²) >= 11 is 6.33. The molecule has 33 heavy (non-hydrogen) atoms. The van der Waals surface area contributed by atoms with Crippen LogP contribution in [0.4, 0.5) is 24.7 Å². The number of nitrogens with zero attached hydrogens (tertiary/aromatic N) is 3. The number of anilines is 2. The number of hydrogen-bond acceptors (Lipinski definition) is 4. The van der Waals surface area contributed by atoms with E-state index in [1.165, 1.54) is 12.3 Å². The monoisotopic (exact) mass is 475 g/mol. The molecule has 7 nitrogen and oxygen atoms in total. The van der Waals surface area contributed by atoms with Crippen molar-refractivity contribution in [1.29, 1.82) is 0 Å². The fourth-order valence-corrected chi connectivity index (χ4v) is 4.12. The molecule has 0 radical (unpaired) electrons. The van der Waals surface area contributed by atoms with Crippen molar-refractivity contribution in [2.75, 3.05) is 10.6 Å². The second-order valence-electron chi connectivity index (χ2n) is 7.58. The summed E-state index contributed by atoms with van der Waals surface area (Å²) in [6, 6.07) is 10.5. The SMILES string of the molecule is O=C(Nc1ccc(-n2cccc2)c(Cl)c1)c1cc2n(n1)[C@@H](C(F)(F)F)C[C@H](c1ccco1)N2. The van der Waals surface area contributed by atoms with E-state index in [2.05, 4.69) is 15.7 Å². The quantitative estimate of drug-likeness (QED) is 0.389. The highest BCUT2D eigenvalue weighted by molar-refractivity contribution is 6.32. The third-order valence-corrected chi connectivity index (χ3v) is 5.70. The Morgan fingerprint density at radius 3 is 2.64 bits per heavy atom. The fourth-order valence-electron chi connectivity index (χ4n) is 3.84. The summed E-state index contributed by atoms with van der Waals surface area (Å²) in [7, 11) is 0. The Balaban J connectivity index is 1.40. The van der Waals surface area contributed by atoms with Crippen LogP contribution in [0.15, 0.2) is 71.6 Å². The molecule has 5 rings (SSSR count). The van der Waals surface area contributed by atoms with Gasteiger partial charge in [-0.25, -0.2) is 4.68 Å². The minimum absolute atomic E-state index is 0.0797. The van der Waals surface area contributed by atoms with Gasteiger partial charge in [-0.15, -0.1) is 0 Å². The van der Waals surface area contributed by atoms with Crippen LogP contribution in [-0.4, -0.2) is 26.4 Å². The van der Waals surface area contributed by atoms with E-state index in [0.717, 1.165) is 10.4 Å². The Bertz CT molecular complexity index is 1280. The molecule has 2 atom stereocenters. The third kappa shape index (κ3) is 4.09. The average molecular weight is 476 g/mol. The van der Waals surface area contributed by atoms with Gasteiger partial charge in [-0.05, 0) is 42.5 Å². The highest BCUT2D eigenvalue weighted by Gasteiger charge is 2.47. The van der Waals surface area contributed by atoms with Crippen LogP contribution in [0.2, 0.25) is 5.02 Å². The number of hydrogen-bond donors (Lipinski definition) is 2. The van der Waals surface area contributed by atoms with Crippen LogP contribution in [0, 0.1) is 0 Å². The van der Waals surface area contributed by atoms with Crippen molar-refractivity contribution in [3.8, 4) is 5.69 Å². The van der Waals surface area contributed by atoms with Crippen molar-refractivity contribution in [2.24, 2.45) is 0 Å². The molecule has 11 heteroatoms. The molecule has 1 aliphatic heterocycles. The fraction of sp³-hybridized carbons (Fsp3) is 0.182. The number of carbonyl (C=O) groups excluding carboxylic acids is 1. The van der Waals surface area contributed by atoms with E-state index in [9.17, 15) is 18.0 Å². The number of benzene rings is 1. The highest BCUT2D eigenvalue weighted by atomic mass is 35.5. The van der Waals surface area contributed by atoms with Gasteiger partial charge in [0.1, 0.15) is 11.6 Å². The lowest BCUT2D eigenvalue weighted by Gasteiger charge is -2.32. The third-order valence-electron chi connectivity index (χ3n) is 5.40. The second kappa shape index (κ2) is 8.04. The summed E-state index contributed by atoms with van der Waals surface area (Å²) in [5.41, 5.74) is 0.955. The molecule has 4 heterocycles. The van der Waals surface area contributed by atoms with E-state index in [1.54, 1.807) is 30.3 Å². The number of nitrogens with one attached hydrogen (secondary N) is 2. The molecule has 3 aromatic heterocycles. The zero-order valence-electron chi connectivity index (χ0n) is 16.9. The maximum absolute atomic E-state index is 13.8. The molecule has 0 bridgehead atoms. The summed E-state index contributed by atoms with van der Waals surface area (Å²) in [6.07, 6.45) is 0.188. The van der Waals surface area contributed by atoms with E-state index >= 15 is 0 Å². The van der Waals surface area contributed by atoms with E-state index < -0.39 is 24.2 Å². The van der Waals surface area contributed by atoms with E-state index in [0.29, 0.717) is 16.5 Å². The first-order chi connectivity index (χ1) is 15.8. The lowest BCUT2D eigenvalue weighted by molar-refractivity contribution is -0.174. The predicted molar refractivity (Wildman–Crippen MR) is 116 cm³/mol. The van der Waals surface area contributed by atoms with Gasteiger partial charge in [0.25, 0.3) is 5.91 Å². The van der Waals surface area contributed by atoms with Crippen LogP contribution in [0.1, 0.15) is 34.8 Å². The van der Waals surface area contributed by atoms with Gasteiger partial charge in [-0.2, -0.15) is 18.3 Å². The molecular formula is C22H17ClF3N5O2. The Labute approximate surface area is 190 Å². The van der Waals surface area contributed by atoms with E-state index in [-0.39, 0.29) is 17.9 Å². The highest BCUT2D eigenvalue weighted by Crippen LogP contribution is 2.43. The van der Waals surface area contributed by atoms with Crippen LogP contribution in [0.5, 0.6) is 0 Å². The Hall–Kier alpha value is -3.66. The molecule has 0 unspecified atom stereocenters. The summed E-state index contributed by atoms with van der Waals surface area (Å²) in [5, 5.41) is 9.95.